The van der Waals surface area contributed by atoms with Gasteiger partial charge in [-0.3, -0.25) is 4.79 Å². The molecule has 0 radical (unpaired) electrons. The van der Waals surface area contributed by atoms with E-state index in [9.17, 15) is 15.0 Å². The van der Waals surface area contributed by atoms with Crippen molar-refractivity contribution in [2.75, 3.05) is 0 Å². The van der Waals surface area contributed by atoms with Crippen molar-refractivity contribution >= 4 is 5.91 Å². The van der Waals surface area contributed by atoms with Crippen LogP contribution in [0.1, 0.15) is 42.5 Å². The van der Waals surface area contributed by atoms with E-state index >= 15 is 0 Å². The van der Waals surface area contributed by atoms with Crippen LogP contribution in [-0.4, -0.2) is 28.2 Å². The van der Waals surface area contributed by atoms with Crippen molar-refractivity contribution in [3.8, 4) is 11.5 Å². The molecule has 0 spiro atoms. The van der Waals surface area contributed by atoms with Crippen LogP contribution in [0.5, 0.6) is 11.5 Å². The van der Waals surface area contributed by atoms with Gasteiger partial charge in [-0.05, 0) is 31.0 Å². The zero-order valence-corrected chi connectivity index (χ0v) is 10.8. The van der Waals surface area contributed by atoms with Crippen molar-refractivity contribution in [3.05, 3.63) is 23.8 Å². The highest BCUT2D eigenvalue weighted by atomic mass is 16.3. The molecule has 1 amide bonds. The standard InChI is InChI=1S/C14H20N2O3/c15-11-4-2-1-3-5-12(11)16-14(19)10-8-9(17)6-7-13(10)18/h6-8,11-12,17-18H,1-5,15H2,(H,16,19). The van der Waals surface area contributed by atoms with Crippen LogP contribution in [0.2, 0.25) is 0 Å². The lowest BCUT2D eigenvalue weighted by Gasteiger charge is -2.22. The maximum absolute atomic E-state index is 12.1. The third-order valence-corrected chi connectivity index (χ3v) is 3.61. The van der Waals surface area contributed by atoms with Gasteiger partial charge in [0.05, 0.1) is 5.56 Å². The van der Waals surface area contributed by atoms with Gasteiger partial charge in [0.25, 0.3) is 5.91 Å². The highest BCUT2D eigenvalue weighted by Gasteiger charge is 2.23. The van der Waals surface area contributed by atoms with E-state index < -0.39 is 5.91 Å². The van der Waals surface area contributed by atoms with Gasteiger partial charge in [0.1, 0.15) is 11.5 Å². The molecule has 2 rings (SSSR count). The SMILES string of the molecule is NC1CCCCCC1NC(=O)c1cc(O)ccc1O. The number of benzene rings is 1. The number of hydrogen-bond acceptors (Lipinski definition) is 4. The fraction of sp³-hybridized carbons (Fsp3) is 0.500. The van der Waals surface area contributed by atoms with Crippen LogP contribution in [0.3, 0.4) is 0 Å². The maximum atomic E-state index is 12.1. The summed E-state index contributed by atoms with van der Waals surface area (Å²) in [5.74, 6) is -0.582. The van der Waals surface area contributed by atoms with Crippen LogP contribution >= 0.6 is 0 Å². The number of carbonyl (C=O) groups is 1. The highest BCUT2D eigenvalue weighted by Crippen LogP contribution is 2.23. The summed E-state index contributed by atoms with van der Waals surface area (Å²) < 4.78 is 0. The Morgan fingerprint density at radius 1 is 1.21 bits per heavy atom. The Morgan fingerprint density at radius 3 is 2.74 bits per heavy atom. The second-order valence-corrected chi connectivity index (χ2v) is 5.08. The summed E-state index contributed by atoms with van der Waals surface area (Å²) in [6.45, 7) is 0. The Morgan fingerprint density at radius 2 is 1.95 bits per heavy atom. The maximum Gasteiger partial charge on any atom is 0.255 e. The van der Waals surface area contributed by atoms with E-state index in [4.69, 9.17) is 5.73 Å². The first-order valence-electron chi connectivity index (χ1n) is 6.66. The minimum Gasteiger partial charge on any atom is -0.508 e. The number of nitrogens with one attached hydrogen (secondary N) is 1. The molecular weight excluding hydrogens is 244 g/mol. The van der Waals surface area contributed by atoms with E-state index in [0.717, 1.165) is 32.1 Å². The molecule has 1 aliphatic carbocycles. The molecule has 2 atom stereocenters. The third kappa shape index (κ3) is 3.38. The molecule has 1 aromatic carbocycles. The van der Waals surface area contributed by atoms with Crippen LogP contribution < -0.4 is 11.1 Å². The Hall–Kier alpha value is -1.75. The highest BCUT2D eigenvalue weighted by molar-refractivity contribution is 5.97. The Bertz CT molecular complexity index is 462. The summed E-state index contributed by atoms with van der Waals surface area (Å²) >= 11 is 0. The van der Waals surface area contributed by atoms with E-state index in [1.54, 1.807) is 0 Å². The molecule has 0 heterocycles. The minimum atomic E-state index is -0.393. The Kier molecular flexibility index (Phi) is 4.27. The van der Waals surface area contributed by atoms with Crippen molar-refractivity contribution in [2.45, 2.75) is 44.2 Å². The first-order chi connectivity index (χ1) is 9.08. The number of phenolic OH excluding ortho intramolecular Hbond substituents is 2. The number of nitrogens with two attached hydrogens (primary N) is 1. The molecule has 1 fully saturated rings. The molecule has 5 nitrogen and oxygen atoms in total. The van der Waals surface area contributed by atoms with Crippen molar-refractivity contribution in [1.82, 2.24) is 5.32 Å². The molecule has 0 aromatic heterocycles. The first-order valence-corrected chi connectivity index (χ1v) is 6.66. The molecule has 2 unspecified atom stereocenters. The predicted octanol–water partition coefficient (Wildman–Crippen LogP) is 1.49. The van der Waals surface area contributed by atoms with E-state index in [-0.39, 0.29) is 29.1 Å². The summed E-state index contributed by atoms with van der Waals surface area (Å²) in [6.07, 6.45) is 5.02. The van der Waals surface area contributed by atoms with Gasteiger partial charge in [-0.2, -0.15) is 0 Å². The normalized spacial score (nSPS) is 23.6. The lowest BCUT2D eigenvalue weighted by atomic mass is 10.0. The number of phenols is 2. The first kappa shape index (κ1) is 13.7. The van der Waals surface area contributed by atoms with Crippen molar-refractivity contribution in [3.63, 3.8) is 0 Å². The number of aromatic hydroxyl groups is 2. The molecule has 0 saturated heterocycles. The second kappa shape index (κ2) is 5.93. The fourth-order valence-electron chi connectivity index (χ4n) is 2.47. The topological polar surface area (TPSA) is 95.6 Å². The van der Waals surface area contributed by atoms with E-state index in [1.807, 2.05) is 0 Å². The summed E-state index contributed by atoms with van der Waals surface area (Å²) in [4.78, 5) is 12.1. The molecular formula is C14H20N2O3. The average molecular weight is 264 g/mol. The molecule has 0 aliphatic heterocycles. The molecule has 104 valence electrons. The molecule has 5 N–H and O–H groups in total. The van der Waals surface area contributed by atoms with Crippen molar-refractivity contribution in [2.24, 2.45) is 5.73 Å². The summed E-state index contributed by atoms with van der Waals surface area (Å²) in [6, 6.07) is 3.77. The summed E-state index contributed by atoms with van der Waals surface area (Å²) in [5, 5.41) is 21.9. The van der Waals surface area contributed by atoms with Crippen LogP contribution in [0, 0.1) is 0 Å². The minimum absolute atomic E-state index is 0.0480. The van der Waals surface area contributed by atoms with Crippen LogP contribution in [-0.2, 0) is 0 Å². The van der Waals surface area contributed by atoms with Gasteiger partial charge in [0.15, 0.2) is 0 Å². The van der Waals surface area contributed by atoms with Gasteiger partial charge in [-0.15, -0.1) is 0 Å². The molecule has 0 bridgehead atoms. The number of rotatable bonds is 2. The zero-order chi connectivity index (χ0) is 13.8. The third-order valence-electron chi connectivity index (χ3n) is 3.61. The van der Waals surface area contributed by atoms with Crippen molar-refractivity contribution in [1.29, 1.82) is 0 Å². The quantitative estimate of drug-likeness (QED) is 0.480. The van der Waals surface area contributed by atoms with Crippen molar-refractivity contribution < 1.29 is 15.0 Å². The second-order valence-electron chi connectivity index (χ2n) is 5.08. The van der Waals surface area contributed by atoms with Gasteiger partial charge >= 0.3 is 0 Å². The monoisotopic (exact) mass is 264 g/mol. The summed E-state index contributed by atoms with van der Waals surface area (Å²) in [7, 11) is 0. The van der Waals surface area contributed by atoms with Crippen LogP contribution in [0.25, 0.3) is 0 Å². The molecule has 19 heavy (non-hydrogen) atoms. The average Bonchev–Trinajstić information content (AvgIpc) is 2.58. The van der Waals surface area contributed by atoms with Gasteiger partial charge in [-0.25, -0.2) is 0 Å². The van der Waals surface area contributed by atoms with Crippen LogP contribution in [0.15, 0.2) is 18.2 Å². The molecule has 1 saturated carbocycles. The number of hydrogen-bond donors (Lipinski definition) is 4. The number of amides is 1. The van der Waals surface area contributed by atoms with Gasteiger partial charge in [0.2, 0.25) is 0 Å². The largest absolute Gasteiger partial charge is 0.508 e. The lowest BCUT2D eigenvalue weighted by molar-refractivity contribution is 0.0925. The van der Waals surface area contributed by atoms with E-state index in [1.165, 1.54) is 18.2 Å². The van der Waals surface area contributed by atoms with Crippen LogP contribution in [0.4, 0.5) is 0 Å². The zero-order valence-electron chi connectivity index (χ0n) is 10.8. The van der Waals surface area contributed by atoms with Gasteiger partial charge in [-0.1, -0.05) is 19.3 Å². The molecule has 5 heteroatoms. The fourth-order valence-corrected chi connectivity index (χ4v) is 2.47. The number of carbonyl (C=O) groups excluding carboxylic acids is 1. The van der Waals surface area contributed by atoms with Gasteiger partial charge in [0, 0.05) is 12.1 Å². The Labute approximate surface area is 112 Å². The lowest BCUT2D eigenvalue weighted by Crippen LogP contribution is -2.46. The predicted molar refractivity (Wildman–Crippen MR) is 72.1 cm³/mol. The van der Waals surface area contributed by atoms with E-state index in [2.05, 4.69) is 5.32 Å². The Balaban J connectivity index is 2.09. The van der Waals surface area contributed by atoms with E-state index in [0.29, 0.717) is 0 Å². The molecule has 1 aromatic rings. The molecule has 1 aliphatic rings. The summed E-state index contributed by atoms with van der Waals surface area (Å²) in [5.41, 5.74) is 6.13. The smallest absolute Gasteiger partial charge is 0.255 e. The van der Waals surface area contributed by atoms with Gasteiger partial charge < -0.3 is 21.3 Å².